The molecule has 0 bridgehead atoms. The third-order valence-corrected chi connectivity index (χ3v) is 15.0. The Kier molecular flexibility index (Phi) is 56.2. The lowest BCUT2D eigenvalue weighted by atomic mass is 9.99. The van der Waals surface area contributed by atoms with E-state index < -0.39 is 36.9 Å². The molecule has 0 saturated heterocycles. The zero-order chi connectivity index (χ0) is 49.5. The average molecular weight is 963 g/mol. The van der Waals surface area contributed by atoms with Crippen molar-refractivity contribution in [3.63, 3.8) is 0 Å². The van der Waals surface area contributed by atoms with Gasteiger partial charge in [0.25, 0.3) is 0 Å². The highest BCUT2D eigenvalue weighted by Crippen LogP contribution is 2.19. The molecule has 0 aromatic carbocycles. The molecular weight excluding hydrogens is 839 g/mol. The van der Waals surface area contributed by atoms with Gasteiger partial charge in [-0.3, -0.25) is 4.79 Å². The zero-order valence-electron chi connectivity index (χ0n) is 46.1. The van der Waals surface area contributed by atoms with E-state index in [-0.39, 0.29) is 0 Å². The van der Waals surface area contributed by atoms with Gasteiger partial charge in [-0.25, -0.2) is 0 Å². The fraction of sp³-hybridized carbons (Fsp3) is 0.952. The third-order valence-electron chi connectivity index (χ3n) is 15.0. The van der Waals surface area contributed by atoms with Crippen LogP contribution in [0.1, 0.15) is 348 Å². The Morgan fingerprint density at radius 3 is 0.853 bits per heavy atom. The summed E-state index contributed by atoms with van der Waals surface area (Å²) in [6, 6.07) is -0.987. The molecule has 4 atom stereocenters. The Morgan fingerprint density at radius 2 is 0.588 bits per heavy atom. The van der Waals surface area contributed by atoms with Crippen LogP contribution in [-0.2, 0) is 4.79 Å². The molecule has 0 saturated carbocycles. The second-order valence-electron chi connectivity index (χ2n) is 21.8. The number of unbranched alkanes of at least 4 members (excludes halogenated alkanes) is 47. The van der Waals surface area contributed by atoms with Crippen LogP contribution in [0.4, 0.5) is 0 Å². The standard InChI is InChI=1S/C62H123NO5/c1-3-5-7-9-11-13-15-17-19-21-23-25-26-27-28-29-30-31-32-33-34-36-37-39-41-43-45-47-49-51-53-55-59(65)61(67)58(57-64)63-62(68)60(66)56-54-52-50-48-46-44-42-40-38-35-24-22-20-18-16-14-12-10-8-6-4-2/h38,40,58-61,64-67H,3-37,39,41-57H2,1-2H3,(H,63,68)/b40-38-. The maximum atomic E-state index is 12.6. The Morgan fingerprint density at radius 1 is 0.353 bits per heavy atom. The molecule has 0 radical (unpaired) electrons. The normalized spacial score (nSPS) is 13.7. The van der Waals surface area contributed by atoms with Gasteiger partial charge in [0.15, 0.2) is 0 Å². The molecular formula is C62H123NO5. The van der Waals surface area contributed by atoms with Crippen molar-refractivity contribution >= 4 is 5.91 Å². The minimum absolute atomic E-state index is 0.365. The van der Waals surface area contributed by atoms with Crippen LogP contribution in [-0.4, -0.2) is 57.3 Å². The fourth-order valence-corrected chi connectivity index (χ4v) is 10.1. The van der Waals surface area contributed by atoms with Gasteiger partial charge in [0.2, 0.25) is 5.91 Å². The number of carbonyl (C=O) groups excluding carboxylic acids is 1. The second-order valence-corrected chi connectivity index (χ2v) is 21.8. The number of carbonyl (C=O) groups is 1. The predicted octanol–water partition coefficient (Wildman–Crippen LogP) is 18.4. The van der Waals surface area contributed by atoms with Gasteiger partial charge in [-0.1, -0.05) is 321 Å². The van der Waals surface area contributed by atoms with Crippen LogP contribution < -0.4 is 5.32 Å². The van der Waals surface area contributed by atoms with E-state index >= 15 is 0 Å². The first-order valence-corrected chi connectivity index (χ1v) is 31.1. The van der Waals surface area contributed by atoms with E-state index in [1.54, 1.807) is 0 Å². The summed E-state index contributed by atoms with van der Waals surface area (Å²) in [5.74, 6) is -0.582. The quantitative estimate of drug-likeness (QED) is 0.0308. The average Bonchev–Trinajstić information content (AvgIpc) is 3.34. The number of rotatable bonds is 58. The maximum absolute atomic E-state index is 12.6. The van der Waals surface area contributed by atoms with Crippen LogP contribution in [0.5, 0.6) is 0 Å². The summed E-state index contributed by atoms with van der Waals surface area (Å²) in [6.45, 7) is 4.10. The van der Waals surface area contributed by atoms with Gasteiger partial charge in [0, 0.05) is 0 Å². The molecule has 0 aliphatic carbocycles. The summed E-state index contributed by atoms with van der Waals surface area (Å²) in [5.41, 5.74) is 0. The van der Waals surface area contributed by atoms with Crippen molar-refractivity contribution in [3.05, 3.63) is 12.2 Å². The van der Waals surface area contributed by atoms with E-state index in [9.17, 15) is 25.2 Å². The number of hydrogen-bond acceptors (Lipinski definition) is 5. The molecule has 0 aromatic heterocycles. The number of allylic oxidation sites excluding steroid dienone is 2. The molecule has 5 N–H and O–H groups in total. The number of aliphatic hydroxyl groups is 4. The van der Waals surface area contributed by atoms with Crippen LogP contribution in [0, 0.1) is 0 Å². The Hall–Kier alpha value is -0.950. The molecule has 0 spiro atoms. The van der Waals surface area contributed by atoms with Gasteiger partial charge < -0.3 is 25.7 Å². The molecule has 0 fully saturated rings. The monoisotopic (exact) mass is 962 g/mol. The molecule has 0 heterocycles. The first kappa shape index (κ1) is 67.0. The first-order chi connectivity index (χ1) is 33.5. The van der Waals surface area contributed by atoms with E-state index in [2.05, 4.69) is 31.3 Å². The van der Waals surface area contributed by atoms with E-state index in [0.717, 1.165) is 44.9 Å². The SMILES string of the molecule is CCCCCCCCCCCCC/C=C\CCCCCCCCC(O)C(=O)NC(CO)C(O)C(O)CCCCCCCCCCCCCCCCCCCCCCCCCCCCCCCCC. The smallest absolute Gasteiger partial charge is 0.249 e. The van der Waals surface area contributed by atoms with E-state index in [4.69, 9.17) is 0 Å². The Bertz CT molecular complexity index is 990. The van der Waals surface area contributed by atoms with E-state index in [0.29, 0.717) is 12.8 Å². The fourth-order valence-electron chi connectivity index (χ4n) is 10.1. The highest BCUT2D eigenvalue weighted by molar-refractivity contribution is 5.80. The van der Waals surface area contributed by atoms with Crippen LogP contribution in [0.3, 0.4) is 0 Å². The largest absolute Gasteiger partial charge is 0.394 e. The highest BCUT2D eigenvalue weighted by Gasteiger charge is 2.28. The van der Waals surface area contributed by atoms with Gasteiger partial charge in [-0.15, -0.1) is 0 Å². The molecule has 406 valence electrons. The molecule has 1 amide bonds. The molecule has 68 heavy (non-hydrogen) atoms. The lowest BCUT2D eigenvalue weighted by Crippen LogP contribution is -2.53. The highest BCUT2D eigenvalue weighted by atomic mass is 16.3. The van der Waals surface area contributed by atoms with Crippen LogP contribution in [0.15, 0.2) is 12.2 Å². The molecule has 4 unspecified atom stereocenters. The summed E-state index contributed by atoms with van der Waals surface area (Å²) >= 11 is 0. The summed E-state index contributed by atoms with van der Waals surface area (Å²) < 4.78 is 0. The molecule has 0 aliphatic heterocycles. The maximum Gasteiger partial charge on any atom is 0.249 e. The molecule has 0 aromatic rings. The molecule has 0 aliphatic rings. The van der Waals surface area contributed by atoms with E-state index in [1.165, 1.54) is 276 Å². The van der Waals surface area contributed by atoms with Crippen molar-refractivity contribution in [2.45, 2.75) is 372 Å². The van der Waals surface area contributed by atoms with Crippen molar-refractivity contribution in [1.29, 1.82) is 0 Å². The molecule has 6 heteroatoms. The van der Waals surface area contributed by atoms with Crippen LogP contribution >= 0.6 is 0 Å². The summed E-state index contributed by atoms with van der Waals surface area (Å²) in [5, 5.41) is 44.1. The Labute approximate surface area is 425 Å². The predicted molar refractivity (Wildman–Crippen MR) is 298 cm³/mol. The van der Waals surface area contributed by atoms with Gasteiger partial charge in [0.1, 0.15) is 12.2 Å². The van der Waals surface area contributed by atoms with E-state index in [1.807, 2.05) is 0 Å². The number of amides is 1. The van der Waals surface area contributed by atoms with Crippen molar-refractivity contribution in [3.8, 4) is 0 Å². The van der Waals surface area contributed by atoms with Crippen molar-refractivity contribution in [2.24, 2.45) is 0 Å². The minimum Gasteiger partial charge on any atom is -0.394 e. The molecule has 6 nitrogen and oxygen atoms in total. The third kappa shape index (κ3) is 50.0. The zero-order valence-corrected chi connectivity index (χ0v) is 46.1. The minimum atomic E-state index is -1.26. The van der Waals surface area contributed by atoms with Gasteiger partial charge in [-0.2, -0.15) is 0 Å². The van der Waals surface area contributed by atoms with Crippen molar-refractivity contribution in [2.75, 3.05) is 6.61 Å². The van der Waals surface area contributed by atoms with Crippen LogP contribution in [0.25, 0.3) is 0 Å². The van der Waals surface area contributed by atoms with Crippen molar-refractivity contribution < 1.29 is 25.2 Å². The Balaban J connectivity index is 3.56. The summed E-state index contributed by atoms with van der Waals surface area (Å²) in [4.78, 5) is 12.6. The number of aliphatic hydroxyl groups excluding tert-OH is 4. The van der Waals surface area contributed by atoms with Gasteiger partial charge in [-0.05, 0) is 38.5 Å². The second kappa shape index (κ2) is 57.0. The lowest BCUT2D eigenvalue weighted by molar-refractivity contribution is -0.132. The lowest BCUT2D eigenvalue weighted by Gasteiger charge is -2.27. The van der Waals surface area contributed by atoms with Gasteiger partial charge in [0.05, 0.1) is 18.8 Å². The van der Waals surface area contributed by atoms with Gasteiger partial charge >= 0.3 is 0 Å². The van der Waals surface area contributed by atoms with Crippen LogP contribution in [0.2, 0.25) is 0 Å². The topological polar surface area (TPSA) is 110 Å². The number of nitrogens with one attached hydrogen (secondary N) is 1. The number of hydrogen-bond donors (Lipinski definition) is 5. The van der Waals surface area contributed by atoms with Crippen molar-refractivity contribution in [1.82, 2.24) is 5.32 Å². The summed E-state index contributed by atoms with van der Waals surface area (Å²) in [6.07, 6.45) is 68.8. The first-order valence-electron chi connectivity index (χ1n) is 31.1. The molecule has 0 rings (SSSR count). The summed E-state index contributed by atoms with van der Waals surface area (Å²) in [7, 11) is 0.